The van der Waals surface area contributed by atoms with E-state index in [0.29, 0.717) is 5.92 Å². The average Bonchev–Trinajstić information content (AvgIpc) is 2.87. The van der Waals surface area contributed by atoms with Crippen LogP contribution >= 0.6 is 0 Å². The second-order valence-electron chi connectivity index (χ2n) is 5.39. The lowest BCUT2D eigenvalue weighted by atomic mass is 9.79. The first-order chi connectivity index (χ1) is 7.25. The predicted octanol–water partition coefficient (Wildman–Crippen LogP) is 2.68. The van der Waals surface area contributed by atoms with Gasteiger partial charge < -0.3 is 4.74 Å². The molecule has 0 aromatic carbocycles. The van der Waals surface area contributed by atoms with E-state index < -0.39 is 0 Å². The van der Waals surface area contributed by atoms with Gasteiger partial charge in [0.15, 0.2) is 0 Å². The van der Waals surface area contributed by atoms with Crippen LogP contribution < -0.4 is 0 Å². The highest BCUT2D eigenvalue weighted by atomic mass is 16.6. The maximum atomic E-state index is 11.4. The lowest BCUT2D eigenvalue weighted by Gasteiger charge is -2.35. The third kappa shape index (κ3) is 1.20. The zero-order chi connectivity index (χ0) is 10.5. The number of carbonyl (C=O) groups excluding carboxylic acids is 1. The number of carbonyl (C=O) groups is 1. The maximum absolute atomic E-state index is 11.4. The van der Waals surface area contributed by atoms with Crippen LogP contribution in [0, 0.1) is 17.8 Å². The second-order valence-corrected chi connectivity index (χ2v) is 5.39. The standard InChI is InChI=1S/C13H18O2/c1-2-12(14)15-13-7-6-9(8-13)10-4-3-5-11(10)13/h2,9-11H,1,3-8H2. The van der Waals surface area contributed by atoms with Gasteiger partial charge in [0.25, 0.3) is 0 Å². The molecule has 3 rings (SSSR count). The number of hydrogen-bond donors (Lipinski definition) is 0. The van der Waals surface area contributed by atoms with Gasteiger partial charge >= 0.3 is 5.97 Å². The summed E-state index contributed by atoms with van der Waals surface area (Å²) in [5.41, 5.74) is -0.0862. The van der Waals surface area contributed by atoms with Gasteiger partial charge in [-0.3, -0.25) is 0 Å². The number of esters is 1. The minimum atomic E-state index is -0.219. The van der Waals surface area contributed by atoms with Gasteiger partial charge in [0.2, 0.25) is 0 Å². The van der Waals surface area contributed by atoms with Crippen LogP contribution in [-0.4, -0.2) is 11.6 Å². The minimum Gasteiger partial charge on any atom is -0.456 e. The summed E-state index contributed by atoms with van der Waals surface area (Å²) < 4.78 is 5.70. The Morgan fingerprint density at radius 2 is 2.27 bits per heavy atom. The van der Waals surface area contributed by atoms with Crippen molar-refractivity contribution in [2.24, 2.45) is 17.8 Å². The molecule has 0 aliphatic heterocycles. The molecule has 0 heterocycles. The highest BCUT2D eigenvalue weighted by molar-refractivity contribution is 5.81. The van der Waals surface area contributed by atoms with E-state index in [9.17, 15) is 4.79 Å². The molecule has 0 amide bonds. The minimum absolute atomic E-state index is 0.0862. The molecule has 0 aromatic rings. The molecule has 3 aliphatic carbocycles. The summed E-state index contributed by atoms with van der Waals surface area (Å²) in [5, 5.41) is 0. The molecular formula is C13H18O2. The molecular weight excluding hydrogens is 188 g/mol. The Morgan fingerprint density at radius 3 is 3.07 bits per heavy atom. The van der Waals surface area contributed by atoms with Crippen LogP contribution in [0.2, 0.25) is 0 Å². The van der Waals surface area contributed by atoms with E-state index in [-0.39, 0.29) is 11.6 Å². The molecule has 0 N–H and O–H groups in total. The molecule has 0 saturated heterocycles. The predicted molar refractivity (Wildman–Crippen MR) is 57.2 cm³/mol. The van der Waals surface area contributed by atoms with Gasteiger partial charge in [-0.2, -0.15) is 0 Å². The van der Waals surface area contributed by atoms with Crippen molar-refractivity contribution in [2.45, 2.75) is 44.1 Å². The van der Waals surface area contributed by atoms with E-state index >= 15 is 0 Å². The molecule has 82 valence electrons. The van der Waals surface area contributed by atoms with Crippen LogP contribution in [0.25, 0.3) is 0 Å². The lowest BCUT2D eigenvalue weighted by molar-refractivity contribution is -0.158. The number of ether oxygens (including phenoxy) is 1. The summed E-state index contributed by atoms with van der Waals surface area (Å²) in [5.74, 6) is 2.15. The van der Waals surface area contributed by atoms with Crippen molar-refractivity contribution < 1.29 is 9.53 Å². The summed E-state index contributed by atoms with van der Waals surface area (Å²) in [6, 6.07) is 0. The van der Waals surface area contributed by atoms with Crippen LogP contribution in [0.15, 0.2) is 12.7 Å². The van der Waals surface area contributed by atoms with Gasteiger partial charge in [-0.05, 0) is 43.9 Å². The molecule has 3 fully saturated rings. The SMILES string of the molecule is C=CC(=O)OC12CCC(C1)C1CCCC12. The fourth-order valence-electron chi connectivity index (χ4n) is 4.40. The van der Waals surface area contributed by atoms with Gasteiger partial charge in [0, 0.05) is 12.0 Å². The molecule has 3 aliphatic rings. The summed E-state index contributed by atoms with van der Waals surface area (Å²) in [4.78, 5) is 11.4. The zero-order valence-corrected chi connectivity index (χ0v) is 9.08. The highest BCUT2D eigenvalue weighted by Crippen LogP contribution is 2.62. The van der Waals surface area contributed by atoms with Crippen molar-refractivity contribution in [3.63, 3.8) is 0 Å². The van der Waals surface area contributed by atoms with Crippen LogP contribution in [0.5, 0.6) is 0 Å². The lowest BCUT2D eigenvalue weighted by Crippen LogP contribution is -2.38. The van der Waals surface area contributed by atoms with Gasteiger partial charge in [0.05, 0.1) is 0 Å². The molecule has 2 bridgehead atoms. The van der Waals surface area contributed by atoms with Gasteiger partial charge in [-0.1, -0.05) is 13.0 Å². The van der Waals surface area contributed by atoms with E-state index in [1.807, 2.05) is 0 Å². The third-order valence-electron chi connectivity index (χ3n) is 4.87. The first-order valence-corrected chi connectivity index (χ1v) is 6.10. The molecule has 3 saturated carbocycles. The molecule has 0 aromatic heterocycles. The van der Waals surface area contributed by atoms with E-state index in [4.69, 9.17) is 4.74 Å². The quantitative estimate of drug-likeness (QED) is 0.513. The monoisotopic (exact) mass is 206 g/mol. The fourth-order valence-corrected chi connectivity index (χ4v) is 4.40. The van der Waals surface area contributed by atoms with Crippen molar-refractivity contribution in [1.82, 2.24) is 0 Å². The molecule has 0 spiro atoms. The van der Waals surface area contributed by atoms with Crippen molar-refractivity contribution >= 4 is 5.97 Å². The fraction of sp³-hybridized carbons (Fsp3) is 0.769. The van der Waals surface area contributed by atoms with Gasteiger partial charge in [0.1, 0.15) is 5.60 Å². The largest absolute Gasteiger partial charge is 0.456 e. The van der Waals surface area contributed by atoms with Gasteiger partial charge in [-0.15, -0.1) is 0 Å². The number of fused-ring (bicyclic) bond motifs is 5. The molecule has 2 nitrogen and oxygen atoms in total. The maximum Gasteiger partial charge on any atom is 0.330 e. The Kier molecular flexibility index (Phi) is 1.95. The summed E-state index contributed by atoms with van der Waals surface area (Å²) >= 11 is 0. The average molecular weight is 206 g/mol. The molecule has 4 atom stereocenters. The Bertz CT molecular complexity index is 310. The smallest absolute Gasteiger partial charge is 0.330 e. The van der Waals surface area contributed by atoms with Crippen molar-refractivity contribution in [2.75, 3.05) is 0 Å². The Balaban J connectivity index is 1.84. The van der Waals surface area contributed by atoms with Crippen LogP contribution in [0.4, 0.5) is 0 Å². The molecule has 0 radical (unpaired) electrons. The van der Waals surface area contributed by atoms with Crippen LogP contribution in [0.1, 0.15) is 38.5 Å². The first-order valence-electron chi connectivity index (χ1n) is 6.10. The topological polar surface area (TPSA) is 26.3 Å². The first kappa shape index (κ1) is 9.44. The van der Waals surface area contributed by atoms with Crippen molar-refractivity contribution in [3.8, 4) is 0 Å². The van der Waals surface area contributed by atoms with E-state index in [1.165, 1.54) is 31.8 Å². The molecule has 4 unspecified atom stereocenters. The Labute approximate surface area is 90.7 Å². The van der Waals surface area contributed by atoms with E-state index in [0.717, 1.165) is 24.7 Å². The zero-order valence-electron chi connectivity index (χ0n) is 9.08. The number of rotatable bonds is 2. The van der Waals surface area contributed by atoms with Crippen LogP contribution in [-0.2, 0) is 9.53 Å². The van der Waals surface area contributed by atoms with Crippen molar-refractivity contribution in [3.05, 3.63) is 12.7 Å². The number of hydrogen-bond acceptors (Lipinski definition) is 2. The Morgan fingerprint density at radius 1 is 1.40 bits per heavy atom. The van der Waals surface area contributed by atoms with E-state index in [1.54, 1.807) is 0 Å². The summed E-state index contributed by atoms with van der Waals surface area (Å²) in [6.45, 7) is 3.49. The van der Waals surface area contributed by atoms with Gasteiger partial charge in [-0.25, -0.2) is 4.79 Å². The van der Waals surface area contributed by atoms with Crippen LogP contribution in [0.3, 0.4) is 0 Å². The van der Waals surface area contributed by atoms with E-state index in [2.05, 4.69) is 6.58 Å². The summed E-state index contributed by atoms with van der Waals surface area (Å²) in [7, 11) is 0. The Hall–Kier alpha value is -0.790. The normalized spacial score (nSPS) is 46.5. The highest BCUT2D eigenvalue weighted by Gasteiger charge is 2.60. The molecule has 2 heteroatoms. The third-order valence-corrected chi connectivity index (χ3v) is 4.87. The molecule has 15 heavy (non-hydrogen) atoms. The summed E-state index contributed by atoms with van der Waals surface area (Å²) in [6.07, 6.45) is 8.77. The second kappa shape index (κ2) is 3.10. The van der Waals surface area contributed by atoms with Crippen molar-refractivity contribution in [1.29, 1.82) is 0 Å².